The zero-order valence-corrected chi connectivity index (χ0v) is 12.1. The highest BCUT2D eigenvalue weighted by Gasteiger charge is 2.02. The molecule has 0 bridgehead atoms. The van der Waals surface area contributed by atoms with Crippen molar-refractivity contribution in [3.63, 3.8) is 0 Å². The summed E-state index contributed by atoms with van der Waals surface area (Å²) in [6.07, 6.45) is 1.65. The Labute approximate surface area is 118 Å². The summed E-state index contributed by atoms with van der Waals surface area (Å²) in [6, 6.07) is 11.1. The minimum absolute atomic E-state index is 0.216. The first-order valence-electron chi connectivity index (χ1n) is 5.30. The summed E-state index contributed by atoms with van der Waals surface area (Å²) in [5.74, 6) is -0.216. The Balaban J connectivity index is 1.96. The molecule has 1 aromatic carbocycles. The van der Waals surface area contributed by atoms with Crippen molar-refractivity contribution in [2.75, 3.05) is 0 Å². The van der Waals surface area contributed by atoms with E-state index in [0.717, 1.165) is 9.35 Å². The van der Waals surface area contributed by atoms with E-state index in [1.807, 2.05) is 31.2 Å². The quantitative estimate of drug-likeness (QED) is 0.681. The van der Waals surface area contributed by atoms with Gasteiger partial charge in [0.1, 0.15) is 0 Å². The molecule has 1 N–H and O–H groups in total. The maximum atomic E-state index is 11.7. The minimum atomic E-state index is -0.216. The fraction of sp³-hybridized carbons (Fsp3) is 0.0769. The van der Waals surface area contributed by atoms with Gasteiger partial charge in [-0.25, -0.2) is 5.43 Å². The number of nitrogens with one attached hydrogen (secondary N) is 1. The fourth-order valence-corrected chi connectivity index (χ4v) is 2.36. The first-order valence-corrected chi connectivity index (χ1v) is 6.91. The van der Waals surface area contributed by atoms with Crippen LogP contribution >= 0.6 is 27.3 Å². The van der Waals surface area contributed by atoms with E-state index in [-0.39, 0.29) is 5.91 Å². The molecule has 1 heterocycles. The van der Waals surface area contributed by atoms with Crippen molar-refractivity contribution in [3.8, 4) is 0 Å². The maximum absolute atomic E-state index is 11.7. The van der Waals surface area contributed by atoms with Gasteiger partial charge in [-0.1, -0.05) is 15.9 Å². The van der Waals surface area contributed by atoms with Crippen molar-refractivity contribution in [2.45, 2.75) is 6.92 Å². The lowest BCUT2D eigenvalue weighted by atomic mass is 10.2. The third-order valence-electron chi connectivity index (χ3n) is 2.23. The number of hydrogen-bond donors (Lipinski definition) is 1. The number of amides is 1. The van der Waals surface area contributed by atoms with Gasteiger partial charge in [0.2, 0.25) is 0 Å². The molecular weight excluding hydrogens is 312 g/mol. The van der Waals surface area contributed by atoms with E-state index in [0.29, 0.717) is 5.56 Å². The summed E-state index contributed by atoms with van der Waals surface area (Å²) in [6.45, 7) is 2.03. The van der Waals surface area contributed by atoms with Crippen LogP contribution in [0, 0.1) is 6.92 Å². The zero-order chi connectivity index (χ0) is 13.0. The summed E-state index contributed by atoms with van der Waals surface area (Å²) in [5.41, 5.74) is 3.08. The Morgan fingerprint density at radius 1 is 1.28 bits per heavy atom. The Hall–Kier alpha value is -1.46. The average molecular weight is 323 g/mol. The standard InChI is InChI=1S/C13H11BrN2OS/c1-9-2-7-12(18-9)8-15-16-13(17)10-3-5-11(14)6-4-10/h2-8H,1H3,(H,16,17)/b15-8+. The highest BCUT2D eigenvalue weighted by molar-refractivity contribution is 9.10. The molecule has 0 fully saturated rings. The maximum Gasteiger partial charge on any atom is 0.271 e. The minimum Gasteiger partial charge on any atom is -0.267 e. The molecule has 0 unspecified atom stereocenters. The smallest absolute Gasteiger partial charge is 0.267 e. The molecule has 0 aliphatic rings. The number of carbonyl (C=O) groups excluding carboxylic acids is 1. The van der Waals surface area contributed by atoms with Crippen molar-refractivity contribution in [3.05, 3.63) is 56.2 Å². The van der Waals surface area contributed by atoms with Gasteiger partial charge < -0.3 is 0 Å². The number of aryl methyl sites for hydroxylation is 1. The summed E-state index contributed by atoms with van der Waals surface area (Å²) < 4.78 is 0.941. The summed E-state index contributed by atoms with van der Waals surface area (Å²) in [4.78, 5) is 14.0. The van der Waals surface area contributed by atoms with Gasteiger partial charge in [-0.15, -0.1) is 11.3 Å². The van der Waals surface area contributed by atoms with Gasteiger partial charge in [0, 0.05) is 19.8 Å². The van der Waals surface area contributed by atoms with Gasteiger partial charge in [0.05, 0.1) is 6.21 Å². The molecule has 0 aliphatic carbocycles. The third-order valence-corrected chi connectivity index (χ3v) is 3.69. The lowest BCUT2D eigenvalue weighted by molar-refractivity contribution is 0.0955. The Kier molecular flexibility index (Phi) is 4.28. The first kappa shape index (κ1) is 13.0. The molecule has 1 aromatic heterocycles. The number of carbonyl (C=O) groups is 1. The molecule has 0 saturated carbocycles. The molecule has 3 nitrogen and oxygen atoms in total. The molecule has 1 amide bonds. The summed E-state index contributed by atoms with van der Waals surface area (Å²) in [7, 11) is 0. The van der Waals surface area contributed by atoms with Crippen LogP contribution in [0.15, 0.2) is 46.0 Å². The number of hydrogen-bond acceptors (Lipinski definition) is 3. The van der Waals surface area contributed by atoms with Gasteiger partial charge in [-0.05, 0) is 43.3 Å². The van der Waals surface area contributed by atoms with Crippen molar-refractivity contribution in [1.29, 1.82) is 0 Å². The predicted octanol–water partition coefficient (Wildman–Crippen LogP) is 3.58. The third kappa shape index (κ3) is 3.51. The topological polar surface area (TPSA) is 41.5 Å². The van der Waals surface area contributed by atoms with Gasteiger partial charge in [-0.3, -0.25) is 4.79 Å². The van der Waals surface area contributed by atoms with E-state index in [2.05, 4.69) is 26.5 Å². The van der Waals surface area contributed by atoms with Crippen LogP contribution in [-0.4, -0.2) is 12.1 Å². The van der Waals surface area contributed by atoms with Crippen molar-refractivity contribution < 1.29 is 4.79 Å². The second-order valence-corrected chi connectivity index (χ2v) is 5.89. The van der Waals surface area contributed by atoms with Crippen LogP contribution in [0.5, 0.6) is 0 Å². The number of thiophene rings is 1. The van der Waals surface area contributed by atoms with Crippen LogP contribution in [0.2, 0.25) is 0 Å². The van der Waals surface area contributed by atoms with E-state index < -0.39 is 0 Å². The number of rotatable bonds is 3. The second-order valence-electron chi connectivity index (χ2n) is 3.65. The molecular formula is C13H11BrN2OS. The van der Waals surface area contributed by atoms with Gasteiger partial charge in [0.15, 0.2) is 0 Å². The van der Waals surface area contributed by atoms with Crippen LogP contribution in [0.4, 0.5) is 0 Å². The normalized spacial score (nSPS) is 10.8. The molecule has 0 spiro atoms. The van der Waals surface area contributed by atoms with Crippen molar-refractivity contribution in [1.82, 2.24) is 5.43 Å². The predicted molar refractivity (Wildman–Crippen MR) is 78.3 cm³/mol. The SMILES string of the molecule is Cc1ccc(/C=N/NC(=O)c2ccc(Br)cc2)s1. The number of benzene rings is 1. The Morgan fingerprint density at radius 2 is 2.00 bits per heavy atom. The highest BCUT2D eigenvalue weighted by Crippen LogP contribution is 2.12. The van der Waals surface area contributed by atoms with Crippen LogP contribution in [0.3, 0.4) is 0 Å². The fourth-order valence-electron chi connectivity index (χ4n) is 1.34. The van der Waals surface area contributed by atoms with Crippen LogP contribution in [0.25, 0.3) is 0 Å². The molecule has 18 heavy (non-hydrogen) atoms. The van der Waals surface area contributed by atoms with E-state index in [1.54, 1.807) is 29.7 Å². The van der Waals surface area contributed by atoms with E-state index >= 15 is 0 Å². The van der Waals surface area contributed by atoms with E-state index in [9.17, 15) is 4.79 Å². The number of nitrogens with zero attached hydrogens (tertiary/aromatic N) is 1. The zero-order valence-electron chi connectivity index (χ0n) is 9.68. The summed E-state index contributed by atoms with van der Waals surface area (Å²) in [5, 5.41) is 3.93. The summed E-state index contributed by atoms with van der Waals surface area (Å²) >= 11 is 4.95. The lowest BCUT2D eigenvalue weighted by Crippen LogP contribution is -2.17. The molecule has 0 atom stereocenters. The molecule has 2 rings (SSSR count). The lowest BCUT2D eigenvalue weighted by Gasteiger charge is -1.99. The number of halogens is 1. The monoisotopic (exact) mass is 322 g/mol. The van der Waals surface area contributed by atoms with E-state index in [4.69, 9.17) is 0 Å². The molecule has 2 aromatic rings. The second kappa shape index (κ2) is 5.93. The molecule has 0 radical (unpaired) electrons. The van der Waals surface area contributed by atoms with Crippen LogP contribution in [-0.2, 0) is 0 Å². The molecule has 5 heteroatoms. The largest absolute Gasteiger partial charge is 0.271 e. The molecule has 0 aliphatic heterocycles. The van der Waals surface area contributed by atoms with E-state index in [1.165, 1.54) is 4.88 Å². The highest BCUT2D eigenvalue weighted by atomic mass is 79.9. The number of hydrazone groups is 1. The Bertz CT molecular complexity index is 575. The van der Waals surface area contributed by atoms with Crippen molar-refractivity contribution in [2.24, 2.45) is 5.10 Å². The first-order chi connectivity index (χ1) is 8.65. The Morgan fingerprint density at radius 3 is 2.61 bits per heavy atom. The van der Waals surface area contributed by atoms with Crippen LogP contribution in [0.1, 0.15) is 20.1 Å². The van der Waals surface area contributed by atoms with Gasteiger partial charge in [0.25, 0.3) is 5.91 Å². The van der Waals surface area contributed by atoms with Crippen LogP contribution < -0.4 is 5.43 Å². The average Bonchev–Trinajstić information content (AvgIpc) is 2.76. The van der Waals surface area contributed by atoms with Gasteiger partial charge >= 0.3 is 0 Å². The van der Waals surface area contributed by atoms with Crippen molar-refractivity contribution >= 4 is 39.4 Å². The van der Waals surface area contributed by atoms with Gasteiger partial charge in [-0.2, -0.15) is 5.10 Å². The molecule has 92 valence electrons. The molecule has 0 saturated heterocycles.